The van der Waals surface area contributed by atoms with Gasteiger partial charge in [-0.05, 0) is 92.8 Å². The van der Waals surface area contributed by atoms with E-state index in [0.717, 1.165) is 38.5 Å². The van der Waals surface area contributed by atoms with Crippen molar-refractivity contribution < 1.29 is 19.1 Å². The van der Waals surface area contributed by atoms with Crippen molar-refractivity contribution in [2.24, 2.45) is 46.3 Å². The molecule has 4 aliphatic carbocycles. The van der Waals surface area contributed by atoms with Gasteiger partial charge in [0.05, 0.1) is 6.61 Å². The third-order valence-electron chi connectivity index (χ3n) is 10.4. The monoisotopic (exact) mass is 430 g/mol. The molecule has 8 unspecified atom stereocenters. The minimum Gasteiger partial charge on any atom is -0.466 e. The van der Waals surface area contributed by atoms with E-state index in [0.29, 0.717) is 55.2 Å². The van der Waals surface area contributed by atoms with Crippen LogP contribution < -0.4 is 0 Å². The van der Waals surface area contributed by atoms with E-state index in [2.05, 4.69) is 20.8 Å². The summed E-state index contributed by atoms with van der Waals surface area (Å²) in [5.41, 5.74) is 0.369. The summed E-state index contributed by atoms with van der Waals surface area (Å²) in [6, 6.07) is 0. The fourth-order valence-electron chi connectivity index (χ4n) is 8.75. The van der Waals surface area contributed by atoms with E-state index in [1.807, 2.05) is 6.92 Å². The summed E-state index contributed by atoms with van der Waals surface area (Å²) in [5, 5.41) is 0. The number of Topliss-reactive ketones (excluding diaryl/α,β-unsaturated/α-hetero) is 2. The highest BCUT2D eigenvalue weighted by atomic mass is 16.5. The number of ether oxygens (including phenoxy) is 1. The lowest BCUT2D eigenvalue weighted by molar-refractivity contribution is -0.169. The van der Waals surface area contributed by atoms with Crippen molar-refractivity contribution >= 4 is 17.5 Å². The van der Waals surface area contributed by atoms with Crippen molar-refractivity contribution in [1.82, 2.24) is 0 Å². The van der Waals surface area contributed by atoms with Crippen molar-refractivity contribution in [2.45, 2.75) is 98.3 Å². The molecule has 0 spiro atoms. The minimum absolute atomic E-state index is 0.0701. The van der Waals surface area contributed by atoms with Crippen molar-refractivity contribution in [3.8, 4) is 0 Å². The van der Waals surface area contributed by atoms with Crippen LogP contribution in [0.1, 0.15) is 98.3 Å². The maximum Gasteiger partial charge on any atom is 0.305 e. The molecule has 4 saturated carbocycles. The molecule has 0 aliphatic heterocycles. The van der Waals surface area contributed by atoms with Gasteiger partial charge in [-0.3, -0.25) is 14.4 Å². The Labute approximate surface area is 188 Å². The number of fused-ring (bicyclic) bond motifs is 5. The first kappa shape index (κ1) is 23.0. The molecule has 8 atom stereocenters. The van der Waals surface area contributed by atoms with Gasteiger partial charge in [0.25, 0.3) is 0 Å². The average Bonchev–Trinajstić information content (AvgIpc) is 3.06. The first-order valence-corrected chi connectivity index (χ1v) is 13.0. The zero-order chi connectivity index (χ0) is 22.4. The number of hydrogen-bond acceptors (Lipinski definition) is 4. The van der Waals surface area contributed by atoms with Crippen molar-refractivity contribution in [3.05, 3.63) is 0 Å². The fraction of sp³-hybridized carbons (Fsp3) is 0.889. The van der Waals surface area contributed by atoms with E-state index >= 15 is 0 Å². The molecule has 0 bridgehead atoms. The molecular formula is C27H42O4. The number of ketones is 2. The SMILES string of the molecule is CCOC(=O)CCCC1CCC2C3C(=O)C(CC)C4CC(=O)CCC4(C)C3CCC12C. The summed E-state index contributed by atoms with van der Waals surface area (Å²) in [6.45, 7) is 9.33. The molecule has 31 heavy (non-hydrogen) atoms. The van der Waals surface area contributed by atoms with Crippen LogP contribution in [0.3, 0.4) is 0 Å². The molecule has 4 aliphatic rings. The molecule has 4 rings (SSSR count). The van der Waals surface area contributed by atoms with Crippen molar-refractivity contribution in [3.63, 3.8) is 0 Å². The van der Waals surface area contributed by atoms with Crippen LogP contribution in [0.5, 0.6) is 0 Å². The lowest BCUT2D eigenvalue weighted by atomic mass is 9.42. The third kappa shape index (κ3) is 3.70. The number of carbonyl (C=O) groups is 3. The van der Waals surface area contributed by atoms with Gasteiger partial charge >= 0.3 is 5.97 Å². The predicted molar refractivity (Wildman–Crippen MR) is 120 cm³/mol. The summed E-state index contributed by atoms with van der Waals surface area (Å²) in [7, 11) is 0. The van der Waals surface area contributed by atoms with Gasteiger partial charge in [0.15, 0.2) is 0 Å². The number of carbonyl (C=O) groups excluding carboxylic acids is 3. The first-order chi connectivity index (χ1) is 14.8. The highest BCUT2D eigenvalue weighted by Crippen LogP contribution is 2.68. The average molecular weight is 431 g/mol. The lowest BCUT2D eigenvalue weighted by Gasteiger charge is -2.61. The third-order valence-corrected chi connectivity index (χ3v) is 10.4. The van der Waals surface area contributed by atoms with Crippen molar-refractivity contribution in [2.75, 3.05) is 6.61 Å². The Balaban J connectivity index is 1.53. The largest absolute Gasteiger partial charge is 0.466 e. The summed E-state index contributed by atoms with van der Waals surface area (Å²) in [4.78, 5) is 38.0. The van der Waals surface area contributed by atoms with Crippen LogP contribution in [0.2, 0.25) is 0 Å². The van der Waals surface area contributed by atoms with Crippen LogP contribution in [0.25, 0.3) is 0 Å². The molecular weight excluding hydrogens is 388 g/mol. The Hall–Kier alpha value is -1.19. The van der Waals surface area contributed by atoms with Crippen LogP contribution in [0.4, 0.5) is 0 Å². The molecule has 0 radical (unpaired) electrons. The van der Waals surface area contributed by atoms with E-state index in [1.54, 1.807) is 0 Å². The minimum atomic E-state index is -0.0787. The molecule has 174 valence electrons. The first-order valence-electron chi connectivity index (χ1n) is 13.0. The van der Waals surface area contributed by atoms with Crippen LogP contribution in [0, 0.1) is 46.3 Å². The normalized spacial score (nSPS) is 44.4. The van der Waals surface area contributed by atoms with Gasteiger partial charge in [0.2, 0.25) is 0 Å². The van der Waals surface area contributed by atoms with Crippen LogP contribution in [-0.2, 0) is 19.1 Å². The van der Waals surface area contributed by atoms with E-state index in [9.17, 15) is 14.4 Å². The Morgan fingerprint density at radius 2 is 1.74 bits per heavy atom. The molecule has 4 nitrogen and oxygen atoms in total. The van der Waals surface area contributed by atoms with E-state index in [4.69, 9.17) is 4.74 Å². The second-order valence-corrected chi connectivity index (χ2v) is 11.5. The number of hydrogen-bond donors (Lipinski definition) is 0. The Morgan fingerprint density at radius 1 is 1.00 bits per heavy atom. The Morgan fingerprint density at radius 3 is 2.45 bits per heavy atom. The highest BCUT2D eigenvalue weighted by molar-refractivity contribution is 5.88. The van der Waals surface area contributed by atoms with Gasteiger partial charge in [-0.25, -0.2) is 0 Å². The van der Waals surface area contributed by atoms with E-state index in [-0.39, 0.29) is 34.6 Å². The van der Waals surface area contributed by atoms with Gasteiger partial charge in [0, 0.05) is 31.1 Å². The maximum absolute atomic E-state index is 13.9. The summed E-state index contributed by atoms with van der Waals surface area (Å²) >= 11 is 0. The van der Waals surface area contributed by atoms with E-state index in [1.165, 1.54) is 12.8 Å². The van der Waals surface area contributed by atoms with Gasteiger partial charge in [-0.15, -0.1) is 0 Å². The summed E-state index contributed by atoms with van der Waals surface area (Å²) in [5.74, 6) is 2.85. The van der Waals surface area contributed by atoms with Gasteiger partial charge in [-0.2, -0.15) is 0 Å². The van der Waals surface area contributed by atoms with Gasteiger partial charge < -0.3 is 4.74 Å². The molecule has 0 aromatic carbocycles. The molecule has 0 heterocycles. The molecule has 4 heteroatoms. The smallest absolute Gasteiger partial charge is 0.305 e. The standard InChI is InChI=1S/C27H42O4/c1-5-19-22-16-18(28)12-14-27(22,4)21-13-15-26(3)17(8-7-9-23(29)31-6-2)10-11-20(26)24(21)25(19)30/h17,19-22,24H,5-16H2,1-4H3. The molecule has 0 amide bonds. The number of esters is 1. The Bertz CT molecular complexity index is 729. The Kier molecular flexibility index (Phi) is 6.40. The van der Waals surface area contributed by atoms with Gasteiger partial charge in [0.1, 0.15) is 11.6 Å². The van der Waals surface area contributed by atoms with Crippen LogP contribution >= 0.6 is 0 Å². The van der Waals surface area contributed by atoms with Crippen LogP contribution in [-0.4, -0.2) is 24.1 Å². The lowest BCUT2D eigenvalue weighted by Crippen LogP contribution is -2.60. The zero-order valence-corrected chi connectivity index (χ0v) is 20.1. The highest BCUT2D eigenvalue weighted by Gasteiger charge is 2.64. The molecule has 0 N–H and O–H groups in total. The quantitative estimate of drug-likeness (QED) is 0.502. The maximum atomic E-state index is 13.9. The zero-order valence-electron chi connectivity index (χ0n) is 20.1. The predicted octanol–water partition coefficient (Wildman–Crippen LogP) is 5.76. The fourth-order valence-corrected chi connectivity index (χ4v) is 8.75. The van der Waals surface area contributed by atoms with Crippen molar-refractivity contribution in [1.29, 1.82) is 0 Å². The molecule has 0 aromatic rings. The topological polar surface area (TPSA) is 60.4 Å². The second-order valence-electron chi connectivity index (χ2n) is 11.5. The summed E-state index contributed by atoms with van der Waals surface area (Å²) in [6.07, 6.45) is 10.4. The van der Waals surface area contributed by atoms with Crippen LogP contribution in [0.15, 0.2) is 0 Å². The second kappa shape index (κ2) is 8.63. The number of rotatable bonds is 6. The molecule has 0 aromatic heterocycles. The van der Waals surface area contributed by atoms with Gasteiger partial charge in [-0.1, -0.05) is 20.8 Å². The molecule has 0 saturated heterocycles. The molecule has 4 fully saturated rings. The van der Waals surface area contributed by atoms with E-state index < -0.39 is 0 Å². The summed E-state index contributed by atoms with van der Waals surface area (Å²) < 4.78 is 5.11.